The first-order chi connectivity index (χ1) is 17.3. The van der Waals surface area contributed by atoms with Gasteiger partial charge in [0.1, 0.15) is 5.82 Å². The van der Waals surface area contributed by atoms with E-state index in [1.807, 2.05) is 18.7 Å². The highest BCUT2D eigenvalue weighted by Gasteiger charge is 2.44. The van der Waals surface area contributed by atoms with Crippen LogP contribution in [0, 0.1) is 29.3 Å². The number of carbonyl (C=O) groups excluding carboxylic acids is 2. The number of carboxylic acids is 2. The van der Waals surface area contributed by atoms with Gasteiger partial charge in [0.15, 0.2) is 11.6 Å². The van der Waals surface area contributed by atoms with E-state index < -0.39 is 35.4 Å². The third-order valence-electron chi connectivity index (χ3n) is 6.18. The second kappa shape index (κ2) is 13.2. The number of amides is 2. The Morgan fingerprint density at radius 1 is 0.973 bits per heavy atom. The number of hydrogen-bond acceptors (Lipinski definition) is 5. The molecular weight excluding hydrogens is 495 g/mol. The summed E-state index contributed by atoms with van der Waals surface area (Å²) in [5.41, 5.74) is 5.96. The summed E-state index contributed by atoms with van der Waals surface area (Å²) >= 11 is 0. The van der Waals surface area contributed by atoms with Crippen LogP contribution in [0.15, 0.2) is 24.3 Å². The third kappa shape index (κ3) is 8.88. The third-order valence-corrected chi connectivity index (χ3v) is 6.18. The van der Waals surface area contributed by atoms with Crippen molar-refractivity contribution in [1.29, 1.82) is 0 Å². The summed E-state index contributed by atoms with van der Waals surface area (Å²) in [5, 5.41) is 15.6. The number of benzene rings is 1. The normalized spacial score (nSPS) is 19.5. The molecule has 2 amide bonds. The van der Waals surface area contributed by atoms with E-state index in [1.165, 1.54) is 0 Å². The van der Waals surface area contributed by atoms with Crippen molar-refractivity contribution in [2.45, 2.75) is 51.6 Å². The number of hydrogen-bond donors (Lipinski definition) is 3. The number of rotatable bonds is 8. The topological polar surface area (TPSA) is 141 Å². The molecule has 37 heavy (non-hydrogen) atoms. The fraction of sp³-hybridized carbons (Fsp3) is 0.520. The van der Waals surface area contributed by atoms with E-state index in [1.54, 1.807) is 4.90 Å². The first-order valence-corrected chi connectivity index (χ1v) is 11.9. The van der Waals surface area contributed by atoms with Gasteiger partial charge in [-0.1, -0.05) is 13.8 Å². The fourth-order valence-electron chi connectivity index (χ4n) is 4.51. The van der Waals surface area contributed by atoms with Gasteiger partial charge in [0.2, 0.25) is 11.8 Å². The Morgan fingerprint density at radius 3 is 2.14 bits per heavy atom. The smallest absolute Gasteiger partial charge is 0.328 e. The van der Waals surface area contributed by atoms with Gasteiger partial charge in [-0.25, -0.2) is 22.8 Å². The van der Waals surface area contributed by atoms with Gasteiger partial charge in [-0.05, 0) is 30.4 Å². The summed E-state index contributed by atoms with van der Waals surface area (Å²) in [5.74, 6) is -5.25. The molecule has 12 heteroatoms. The van der Waals surface area contributed by atoms with Crippen LogP contribution in [0.5, 0.6) is 0 Å². The number of halogens is 3. The van der Waals surface area contributed by atoms with Crippen molar-refractivity contribution in [3.63, 3.8) is 0 Å². The molecule has 3 rings (SSSR count). The molecule has 0 saturated carbocycles. The first kappa shape index (κ1) is 29.8. The number of aliphatic carboxylic acids is 2. The molecule has 2 aliphatic heterocycles. The summed E-state index contributed by atoms with van der Waals surface area (Å²) in [6.45, 7) is 5.83. The molecule has 0 unspecified atom stereocenters. The number of nitrogens with zero attached hydrogens (tertiary/aromatic N) is 2. The number of carboxylic acid groups (broad SMARTS) is 2. The Labute approximate surface area is 212 Å². The maximum absolute atomic E-state index is 13.8. The molecule has 0 aliphatic carbocycles. The number of carbonyl (C=O) groups is 4. The van der Waals surface area contributed by atoms with Gasteiger partial charge in [-0.2, -0.15) is 0 Å². The molecule has 2 fully saturated rings. The fourth-order valence-corrected chi connectivity index (χ4v) is 4.51. The van der Waals surface area contributed by atoms with Crippen molar-refractivity contribution in [2.24, 2.45) is 17.6 Å². The SMILES string of the molecule is CC(C)CC(=O)N1C[C@@H]2CCN(C(=O)C[C@H](N)Cc3cc(F)c(F)cc3F)[C@@H]2C1.O=C(O)/C=C/C(=O)O. The number of likely N-dealkylation sites (tertiary alicyclic amines) is 2. The quantitative estimate of drug-likeness (QED) is 0.348. The van der Waals surface area contributed by atoms with Crippen molar-refractivity contribution < 1.29 is 42.6 Å². The maximum Gasteiger partial charge on any atom is 0.328 e. The zero-order chi connectivity index (χ0) is 27.9. The van der Waals surface area contributed by atoms with Crippen molar-refractivity contribution in [2.75, 3.05) is 19.6 Å². The van der Waals surface area contributed by atoms with Crippen LogP contribution in [-0.4, -0.2) is 75.5 Å². The Kier molecular flexibility index (Phi) is 10.7. The molecule has 4 N–H and O–H groups in total. The highest BCUT2D eigenvalue weighted by molar-refractivity contribution is 5.89. The van der Waals surface area contributed by atoms with Crippen LogP contribution in [-0.2, 0) is 25.6 Å². The Hall–Kier alpha value is -3.41. The average Bonchev–Trinajstić information content (AvgIpc) is 3.37. The minimum Gasteiger partial charge on any atom is -0.478 e. The zero-order valence-corrected chi connectivity index (χ0v) is 20.7. The van der Waals surface area contributed by atoms with E-state index in [4.69, 9.17) is 15.9 Å². The van der Waals surface area contributed by atoms with Gasteiger partial charge in [-0.15, -0.1) is 0 Å². The van der Waals surface area contributed by atoms with Crippen molar-refractivity contribution in [3.8, 4) is 0 Å². The monoisotopic (exact) mass is 527 g/mol. The lowest BCUT2D eigenvalue weighted by Crippen LogP contribution is -2.43. The van der Waals surface area contributed by atoms with E-state index in [-0.39, 0.29) is 48.1 Å². The average molecular weight is 528 g/mol. The standard InChI is InChI=1S/C21H28F3N3O2.C4H4O4/c1-12(2)5-20(28)26-10-13-3-4-27(19(13)11-26)21(29)8-15(25)6-14-7-17(23)18(24)9-16(14)22;5-3(6)1-2-4(7)8/h7,9,12-13,15,19H,3-6,8,10-11,25H2,1-2H3;1-2H,(H,5,6)(H,7,8)/b;2-1+/t13-,15+,19+;/m0./s1. The molecule has 204 valence electrons. The summed E-state index contributed by atoms with van der Waals surface area (Å²) in [6.07, 6.45) is 2.38. The van der Waals surface area contributed by atoms with Crippen LogP contribution in [0.3, 0.4) is 0 Å². The van der Waals surface area contributed by atoms with Gasteiger partial charge in [0.05, 0.1) is 6.04 Å². The van der Waals surface area contributed by atoms with Crippen LogP contribution >= 0.6 is 0 Å². The van der Waals surface area contributed by atoms with Crippen LogP contribution in [0.25, 0.3) is 0 Å². The number of nitrogens with two attached hydrogens (primary N) is 1. The predicted molar refractivity (Wildman–Crippen MR) is 127 cm³/mol. The largest absolute Gasteiger partial charge is 0.478 e. The Balaban J connectivity index is 0.000000521. The molecular formula is C25H32F3N3O6. The van der Waals surface area contributed by atoms with Crippen LogP contribution in [0.2, 0.25) is 0 Å². The van der Waals surface area contributed by atoms with Crippen LogP contribution in [0.1, 0.15) is 38.7 Å². The van der Waals surface area contributed by atoms with Crippen molar-refractivity contribution >= 4 is 23.8 Å². The van der Waals surface area contributed by atoms with Crippen LogP contribution in [0.4, 0.5) is 13.2 Å². The first-order valence-electron chi connectivity index (χ1n) is 11.9. The highest BCUT2D eigenvalue weighted by atomic mass is 19.2. The lowest BCUT2D eigenvalue weighted by Gasteiger charge is -2.26. The van der Waals surface area contributed by atoms with Crippen LogP contribution < -0.4 is 5.73 Å². The Morgan fingerprint density at radius 2 is 1.57 bits per heavy atom. The van der Waals surface area contributed by atoms with Crippen molar-refractivity contribution in [3.05, 3.63) is 47.3 Å². The summed E-state index contributed by atoms with van der Waals surface area (Å²) < 4.78 is 40.2. The van der Waals surface area contributed by atoms with Gasteiger partial charge in [0.25, 0.3) is 0 Å². The van der Waals surface area contributed by atoms with Gasteiger partial charge in [0, 0.05) is 62.7 Å². The van der Waals surface area contributed by atoms with E-state index in [0.29, 0.717) is 44.3 Å². The van der Waals surface area contributed by atoms with Gasteiger partial charge >= 0.3 is 11.9 Å². The second-order valence-corrected chi connectivity index (χ2v) is 9.64. The molecule has 9 nitrogen and oxygen atoms in total. The highest BCUT2D eigenvalue weighted by Crippen LogP contribution is 2.32. The maximum atomic E-state index is 13.8. The minimum absolute atomic E-state index is 0.00851. The molecule has 2 aliphatic rings. The molecule has 0 spiro atoms. The number of fused-ring (bicyclic) bond motifs is 1. The molecule has 1 aromatic carbocycles. The van der Waals surface area contributed by atoms with E-state index in [9.17, 15) is 32.3 Å². The lowest BCUT2D eigenvalue weighted by molar-refractivity contribution is -0.135. The molecule has 0 aromatic heterocycles. The Bertz CT molecular complexity index is 1030. The van der Waals surface area contributed by atoms with E-state index >= 15 is 0 Å². The molecule has 3 atom stereocenters. The van der Waals surface area contributed by atoms with Crippen molar-refractivity contribution in [1.82, 2.24) is 9.80 Å². The second-order valence-electron chi connectivity index (χ2n) is 9.64. The van der Waals surface area contributed by atoms with Gasteiger partial charge in [-0.3, -0.25) is 9.59 Å². The summed E-state index contributed by atoms with van der Waals surface area (Å²) in [6, 6.07) is 0.563. The predicted octanol–water partition coefficient (Wildman–Crippen LogP) is 2.18. The van der Waals surface area contributed by atoms with E-state index in [2.05, 4.69) is 0 Å². The summed E-state index contributed by atoms with van der Waals surface area (Å²) in [7, 11) is 0. The minimum atomic E-state index is -1.26. The summed E-state index contributed by atoms with van der Waals surface area (Å²) in [4.78, 5) is 47.8. The molecule has 1 aromatic rings. The zero-order valence-electron chi connectivity index (χ0n) is 20.7. The molecule has 0 bridgehead atoms. The molecule has 0 radical (unpaired) electrons. The van der Waals surface area contributed by atoms with E-state index in [0.717, 1.165) is 12.5 Å². The molecule has 2 saturated heterocycles. The lowest BCUT2D eigenvalue weighted by atomic mass is 10.0. The van der Waals surface area contributed by atoms with Gasteiger partial charge < -0.3 is 25.7 Å². The molecule has 2 heterocycles.